The van der Waals surface area contributed by atoms with Gasteiger partial charge in [0, 0.05) is 32.3 Å². The highest BCUT2D eigenvalue weighted by atomic mass is 16.3. The van der Waals surface area contributed by atoms with E-state index in [0.29, 0.717) is 0 Å². The van der Waals surface area contributed by atoms with Gasteiger partial charge in [0.15, 0.2) is 0 Å². The minimum absolute atomic E-state index is 0.451. The highest BCUT2D eigenvalue weighted by Crippen LogP contribution is 2.53. The van der Waals surface area contributed by atoms with E-state index in [-0.39, 0.29) is 0 Å². The molecule has 0 saturated heterocycles. The smallest absolute Gasteiger partial charge is 0.136 e. The predicted octanol–water partition coefficient (Wildman–Crippen LogP) is 41.1. The van der Waals surface area contributed by atoms with Crippen LogP contribution in [0.15, 0.2) is 557 Å². The molecule has 3 nitrogen and oxygen atoms in total. The Morgan fingerprint density at radius 3 is 0.653 bits per heavy atom. The molecule has 3 heterocycles. The number of rotatable bonds is 12. The van der Waals surface area contributed by atoms with Crippen molar-refractivity contribution in [3.63, 3.8) is 0 Å². The molecule has 0 atom stereocenters. The molecule has 147 heavy (non-hydrogen) atoms. The molecule has 27 aromatic carbocycles. The number of furan rings is 3. The highest BCUT2D eigenvalue weighted by molar-refractivity contribution is 6.27. The summed E-state index contributed by atoms with van der Waals surface area (Å²) in [6.07, 6.45) is 0. The first-order valence-corrected chi connectivity index (χ1v) is 43.3. The molecule has 0 saturated carbocycles. The third kappa shape index (κ3) is 15.2. The molecular weight excluding hydrogens is 1780 g/mol. The first-order chi connectivity index (χ1) is 110. The van der Waals surface area contributed by atoms with Crippen molar-refractivity contribution in [1.29, 1.82) is 0 Å². The molecule has 3 heteroatoms. The van der Waals surface area contributed by atoms with Gasteiger partial charge in [-0.15, -0.1) is 0 Å². The van der Waals surface area contributed by atoms with Crippen LogP contribution in [0.1, 0.15) is 122 Å². The van der Waals surface area contributed by atoms with E-state index in [9.17, 15) is 45.2 Å². The zero-order valence-electron chi connectivity index (χ0n) is 162. The molecule has 0 amide bonds. The average molecular weight is 1960 g/mol. The van der Waals surface area contributed by atoms with Gasteiger partial charge >= 0.3 is 0 Å². The molecule has 0 unspecified atom stereocenters. The Balaban J connectivity index is 0.000000152. The Labute approximate surface area is 974 Å². The van der Waals surface area contributed by atoms with E-state index in [2.05, 4.69) is 0 Å². The summed E-state index contributed by atoms with van der Waals surface area (Å²) in [6.45, 7) is 0. The maximum absolute atomic E-state index is 10.1. The number of benzene rings is 27. The summed E-state index contributed by atoms with van der Waals surface area (Å²) in [5.74, 6) is 0. The Bertz CT molecular complexity index is 16000. The Kier molecular flexibility index (Phi) is 8.46. The molecule has 3 aromatic heterocycles. The number of hydrogen-bond acceptors (Lipinski definition) is 3. The SMILES string of the molecule is [2H]c1c([2H])c([2H])c(-c2c([2H])c([2H])c(-c3c([2H])c([2H])c(-c4c5c([2H])c([2H])c([2H])c([2H])c5c(-c5c([2H])c([2H])c6oc7c([2H])c8c([2H])c([2H])c([2H])c([2H])c8c([2H])c7c6c5[2H])c5c([2H])c([2H])c([2H])c([2H])c45)c([2H])c3[2H])c([2H])c2[2H])c([2H])c1[2H].[2H]c1c([2H])c([2H])c(-c2c([2H])c([2H])c(-c3c4c([2H])c([2H])c([2H])c([2H])c4c(-c4c([2H])c([2H])c5oc6c([2H])c7c([2H])c([2H])c([2H])c([2H])c7c([2H])c6c5c4[2H])c4c([2H])c([2H])c([2H])c([2H])c34)c([2H])c2-c2c([2H])c([2H])c([2H])c([2H])c2[2H])c([2H])c1[2H].[2H]c1cc2c(-c3c([2H])c([2H])c4oc5c([2H])c6c([2H])c([2H])c([2H])c([2H])c6c([2H])c5c4c3[2H])c3c([2H])c([2H])c([2H])c([2H])c3c(-c3c([2H])c(-c4c([2H])c([2H])c([2H])c([2H])c4[2H])c([2H])c(-c4c([2H])c([2H])c([2H])c([2H])c4[2H])c3[2H])c2c([2H])c1[2H]. The van der Waals surface area contributed by atoms with Crippen molar-refractivity contribution in [3.8, 4) is 134 Å². The summed E-state index contributed by atoms with van der Waals surface area (Å²) in [6, 6.07) is -84.2. The Hall–Kier alpha value is -19.3. The summed E-state index contributed by atoms with van der Waals surface area (Å²) in [5, 5.41) is -15.0. The fourth-order valence-corrected chi connectivity index (χ4v) is 17.2. The van der Waals surface area contributed by atoms with Gasteiger partial charge in [-0.1, -0.05) is 447 Å². The normalized spacial score (nSPS) is 20.1. The molecule has 0 aliphatic carbocycles. The van der Waals surface area contributed by atoms with E-state index in [1.807, 2.05) is 0 Å². The molecule has 684 valence electrons. The van der Waals surface area contributed by atoms with Crippen LogP contribution in [0.2, 0.25) is 0 Å². The molecule has 0 N–H and O–H groups in total. The lowest BCUT2D eigenvalue weighted by Crippen LogP contribution is -1.92. The number of fused-ring (bicyclic) bond motifs is 18. The molecule has 0 aliphatic rings. The summed E-state index contributed by atoms with van der Waals surface area (Å²) in [5.41, 5.74) is -23.9. The highest BCUT2D eigenvalue weighted by Gasteiger charge is 2.26. The van der Waals surface area contributed by atoms with Crippen molar-refractivity contribution in [2.24, 2.45) is 0 Å². The first kappa shape index (κ1) is 34.5. The van der Waals surface area contributed by atoms with Gasteiger partial charge in [-0.05, 0) is 327 Å². The Morgan fingerprint density at radius 2 is 0.320 bits per heavy atom. The van der Waals surface area contributed by atoms with Gasteiger partial charge in [-0.25, -0.2) is 0 Å². The standard InChI is InChI=1S/3C48H30O/c1-3-13-31(14-4-1)37-25-23-35(28-42(37)32-15-5-2-6-16-32)47-38-19-9-11-21-40(38)48(41-22-12-10-20-39(41)47)36-24-26-45-43(29-36)44-27-33-17-7-8-18-34(33)30-46(44)49-45;1-3-13-31(14-4-1)36-25-37(32-15-5-2-6-16-32)27-38(26-36)48-41-21-11-9-19-39(41)47(40-20-10-12-22-42(40)48)35-23-24-45-43(29-35)44-28-33-17-7-8-18-34(33)30-46(44)49-45;1-2-10-31(11-3-1)32-18-20-33(21-19-32)34-22-24-35(25-23-34)47-39-14-6-8-16-41(39)48(42-17-9-7-15-40(42)47)38-26-27-45-43(29-38)44-28-36-12-4-5-13-37(36)30-46(44)49-45/h3*1-30H/i1D,2D,3D,4D,5D,6D,7D,8D,9D,10D,11D,12D,13D,14D,15D,16D,17D,18D,19D,20D,21D,22D,23D,24D,25D,26D,27D,28D,29D,30D;1D,2D,3D,4D,5D,6D,7D,8D,9D,10D,11D,12D,13D,14D,15D,16D,17D,18D,19D,21D,22D,23D,24D,25D,26D,27D,28D,29D,30D;1D,2D,3D,4D,5D,6D,7D,8D,9D,10D,11D,12D,13D,14D,15D,16D,17D,18D,19D,20D,21D,22D,23D,24D,25D,26D,27D,28D,29D,30D. The molecule has 0 radical (unpaired) electrons. The Morgan fingerprint density at radius 1 is 0.109 bits per heavy atom. The lowest BCUT2D eigenvalue weighted by molar-refractivity contribution is 0.669. The number of hydrogen-bond donors (Lipinski definition) is 0. The second-order valence-corrected chi connectivity index (χ2v) is 31.6. The van der Waals surface area contributed by atoms with E-state index in [1.54, 1.807) is 0 Å². The topological polar surface area (TPSA) is 39.4 Å². The fourth-order valence-electron chi connectivity index (χ4n) is 17.2. The van der Waals surface area contributed by atoms with Crippen LogP contribution in [0.4, 0.5) is 0 Å². The largest absolute Gasteiger partial charge is 0.456 e. The van der Waals surface area contributed by atoms with Crippen LogP contribution < -0.4 is 0 Å². The molecule has 30 aromatic rings. The van der Waals surface area contributed by atoms with Crippen LogP contribution in [-0.4, -0.2) is 0 Å². The van der Waals surface area contributed by atoms with Gasteiger partial charge in [0.25, 0.3) is 0 Å². The van der Waals surface area contributed by atoms with Crippen molar-refractivity contribution in [2.75, 3.05) is 0 Å². The zero-order valence-corrected chi connectivity index (χ0v) is 73.3. The summed E-state index contributed by atoms with van der Waals surface area (Å²) < 4.78 is 819. The van der Waals surface area contributed by atoms with Crippen LogP contribution in [0.5, 0.6) is 0 Å². The summed E-state index contributed by atoms with van der Waals surface area (Å²) in [7, 11) is 0. The summed E-state index contributed by atoms with van der Waals surface area (Å²) >= 11 is 0. The predicted molar refractivity (Wildman–Crippen MR) is 624 cm³/mol. The molecule has 0 fully saturated rings. The van der Waals surface area contributed by atoms with E-state index in [1.165, 1.54) is 0 Å². The van der Waals surface area contributed by atoms with Crippen molar-refractivity contribution in [1.82, 2.24) is 0 Å². The third-order valence-electron chi connectivity index (χ3n) is 23.4. The van der Waals surface area contributed by atoms with E-state index >= 15 is 0 Å². The van der Waals surface area contributed by atoms with Crippen LogP contribution in [0.25, 0.3) is 296 Å². The maximum atomic E-state index is 10.1. The van der Waals surface area contributed by atoms with E-state index < -0.39 is 834 Å². The third-order valence-corrected chi connectivity index (χ3v) is 23.4. The average Bonchev–Trinajstić information content (AvgIpc) is 1.04. The lowest BCUT2D eigenvalue weighted by atomic mass is 9.84. The van der Waals surface area contributed by atoms with Crippen LogP contribution in [0, 0.1) is 0 Å². The summed E-state index contributed by atoms with van der Waals surface area (Å²) in [4.78, 5) is 0. The van der Waals surface area contributed by atoms with Gasteiger partial charge in [0.2, 0.25) is 0 Å². The zero-order chi connectivity index (χ0) is 174. The molecule has 0 spiro atoms. The molecule has 30 rings (SSSR count). The quantitative estimate of drug-likeness (QED) is 0.114. The van der Waals surface area contributed by atoms with E-state index in [4.69, 9.17) is 90.0 Å². The van der Waals surface area contributed by atoms with Crippen molar-refractivity contribution >= 4 is 163 Å². The van der Waals surface area contributed by atoms with Gasteiger partial charge in [-0.2, -0.15) is 0 Å². The van der Waals surface area contributed by atoms with E-state index in [0.717, 1.165) is 6.07 Å². The lowest BCUT2D eigenvalue weighted by Gasteiger charge is -2.19. The molecule has 0 aliphatic heterocycles. The van der Waals surface area contributed by atoms with Gasteiger partial charge in [0.05, 0.1) is 122 Å². The van der Waals surface area contributed by atoms with Gasteiger partial charge < -0.3 is 13.3 Å². The maximum Gasteiger partial charge on any atom is 0.136 e. The van der Waals surface area contributed by atoms with Crippen molar-refractivity contribution in [2.45, 2.75) is 0 Å². The minimum Gasteiger partial charge on any atom is -0.456 e. The first-order valence-electron chi connectivity index (χ1n) is 87.8. The van der Waals surface area contributed by atoms with Gasteiger partial charge in [-0.3, -0.25) is 0 Å². The monoisotopic (exact) mass is 1960 g/mol. The van der Waals surface area contributed by atoms with Gasteiger partial charge in [0.1, 0.15) is 33.5 Å². The van der Waals surface area contributed by atoms with Crippen molar-refractivity contribution in [3.05, 3.63) is 544 Å². The van der Waals surface area contributed by atoms with Crippen LogP contribution in [0.3, 0.4) is 0 Å². The fraction of sp³-hybridized carbons (Fsp3) is 0. The minimum atomic E-state index is -1.20. The molecular formula is C144H90O3. The van der Waals surface area contributed by atoms with Crippen molar-refractivity contribution < 1.29 is 135 Å². The van der Waals surface area contributed by atoms with Crippen LogP contribution >= 0.6 is 0 Å². The second-order valence-electron chi connectivity index (χ2n) is 31.6. The second kappa shape index (κ2) is 36.0. The van der Waals surface area contributed by atoms with Crippen LogP contribution in [-0.2, 0) is 0 Å². The molecule has 0 bridgehead atoms.